The van der Waals surface area contributed by atoms with E-state index in [1.165, 1.54) is 25.5 Å². The lowest BCUT2D eigenvalue weighted by Gasteiger charge is -2.21. The fourth-order valence-electron chi connectivity index (χ4n) is 2.74. The maximum Gasteiger partial charge on any atom is 0.255 e. The first-order chi connectivity index (χ1) is 15.0. The fraction of sp³-hybridized carbons (Fsp3) is 0.136. The molecule has 9 heteroatoms. The van der Waals surface area contributed by atoms with Crippen molar-refractivity contribution in [2.75, 3.05) is 13.7 Å². The molecule has 0 saturated heterocycles. The predicted molar refractivity (Wildman–Crippen MR) is 117 cm³/mol. The topological polar surface area (TPSA) is 101 Å². The largest absolute Gasteiger partial charge is 0.497 e. The number of hydrogen-bond donors (Lipinski definition) is 1. The number of carbonyl (C=O) groups excluding carboxylic acids is 1. The van der Waals surface area contributed by atoms with Gasteiger partial charge in [-0.1, -0.05) is 36.4 Å². The number of pyridine rings is 1. The van der Waals surface area contributed by atoms with Gasteiger partial charge in [-0.25, -0.2) is 13.8 Å². The molecule has 1 amide bonds. The number of rotatable bonds is 9. The number of hydrogen-bond acceptors (Lipinski definition) is 6. The maximum absolute atomic E-state index is 13.2. The van der Waals surface area contributed by atoms with Gasteiger partial charge < -0.3 is 4.74 Å². The van der Waals surface area contributed by atoms with Crippen LogP contribution in [0.15, 0.2) is 89.1 Å². The molecule has 0 saturated carbocycles. The van der Waals surface area contributed by atoms with Crippen LogP contribution in [0.1, 0.15) is 11.1 Å². The van der Waals surface area contributed by atoms with Crippen LogP contribution in [0.3, 0.4) is 0 Å². The van der Waals surface area contributed by atoms with Crippen LogP contribution in [-0.4, -0.2) is 43.5 Å². The minimum Gasteiger partial charge on any atom is -0.497 e. The van der Waals surface area contributed by atoms with Crippen molar-refractivity contribution in [2.45, 2.75) is 11.4 Å². The minimum absolute atomic E-state index is 0.0366. The number of amides is 1. The number of hydrazone groups is 1. The van der Waals surface area contributed by atoms with Gasteiger partial charge in [0.25, 0.3) is 5.91 Å². The third-order valence-electron chi connectivity index (χ3n) is 4.31. The van der Waals surface area contributed by atoms with E-state index in [-0.39, 0.29) is 11.4 Å². The molecule has 0 aliphatic carbocycles. The average molecular weight is 439 g/mol. The number of nitrogens with one attached hydrogen (secondary N) is 1. The first-order valence-electron chi connectivity index (χ1n) is 9.39. The van der Waals surface area contributed by atoms with Crippen LogP contribution >= 0.6 is 0 Å². The van der Waals surface area contributed by atoms with E-state index in [2.05, 4.69) is 15.5 Å². The lowest BCUT2D eigenvalue weighted by atomic mass is 10.2. The number of nitrogens with zero attached hydrogens (tertiary/aromatic N) is 3. The summed E-state index contributed by atoms with van der Waals surface area (Å²) in [6, 6.07) is 18.6. The van der Waals surface area contributed by atoms with Gasteiger partial charge in [0.15, 0.2) is 0 Å². The number of sulfonamides is 1. The van der Waals surface area contributed by atoms with Crippen molar-refractivity contribution in [1.29, 1.82) is 0 Å². The number of aromatic nitrogens is 1. The normalized spacial score (nSPS) is 11.5. The quantitative estimate of drug-likeness (QED) is 0.408. The summed E-state index contributed by atoms with van der Waals surface area (Å²) in [4.78, 5) is 16.5. The Hall–Kier alpha value is -3.56. The summed E-state index contributed by atoms with van der Waals surface area (Å²) in [5.74, 6) is -0.0239. The van der Waals surface area contributed by atoms with Gasteiger partial charge in [0, 0.05) is 24.5 Å². The van der Waals surface area contributed by atoms with Crippen molar-refractivity contribution in [2.24, 2.45) is 5.10 Å². The van der Waals surface area contributed by atoms with Crippen LogP contribution < -0.4 is 10.2 Å². The molecule has 0 atom stereocenters. The fourth-order valence-corrected chi connectivity index (χ4v) is 4.12. The molecule has 1 aromatic heterocycles. The maximum atomic E-state index is 13.2. The van der Waals surface area contributed by atoms with Crippen molar-refractivity contribution in [3.05, 3.63) is 90.3 Å². The second-order valence-electron chi connectivity index (χ2n) is 6.51. The van der Waals surface area contributed by atoms with Crippen molar-refractivity contribution < 1.29 is 17.9 Å². The Morgan fingerprint density at radius 1 is 1.10 bits per heavy atom. The van der Waals surface area contributed by atoms with E-state index < -0.39 is 22.5 Å². The summed E-state index contributed by atoms with van der Waals surface area (Å²) in [5.41, 5.74) is 3.83. The summed E-state index contributed by atoms with van der Waals surface area (Å²) < 4.78 is 32.7. The Labute approximate surface area is 181 Å². The SMILES string of the molecule is COc1ccc(S(=O)(=O)N(CC(=O)N/N=C\c2cccnc2)Cc2ccccc2)cc1. The van der Waals surface area contributed by atoms with E-state index in [9.17, 15) is 13.2 Å². The first kappa shape index (κ1) is 22.1. The molecule has 160 valence electrons. The number of carbonyl (C=O) groups is 1. The highest BCUT2D eigenvalue weighted by atomic mass is 32.2. The summed E-state index contributed by atoms with van der Waals surface area (Å²) in [6.45, 7) is -0.359. The molecule has 0 aliphatic heterocycles. The van der Waals surface area contributed by atoms with Gasteiger partial charge in [0.2, 0.25) is 10.0 Å². The van der Waals surface area contributed by atoms with Crippen molar-refractivity contribution >= 4 is 22.1 Å². The first-order valence-corrected chi connectivity index (χ1v) is 10.8. The van der Waals surface area contributed by atoms with Crippen molar-refractivity contribution in [1.82, 2.24) is 14.7 Å². The molecule has 0 bridgehead atoms. The highest BCUT2D eigenvalue weighted by molar-refractivity contribution is 7.89. The molecule has 0 spiro atoms. The smallest absolute Gasteiger partial charge is 0.255 e. The molecule has 1 heterocycles. The molecule has 0 radical (unpaired) electrons. The van der Waals surface area contributed by atoms with Crippen LogP contribution in [0.5, 0.6) is 5.75 Å². The lowest BCUT2D eigenvalue weighted by Crippen LogP contribution is -2.39. The Kier molecular flexibility index (Phi) is 7.47. The summed E-state index contributed by atoms with van der Waals surface area (Å²) >= 11 is 0. The van der Waals surface area contributed by atoms with E-state index in [4.69, 9.17) is 4.74 Å². The Bertz CT molecular complexity index is 1120. The third kappa shape index (κ3) is 6.21. The number of benzene rings is 2. The second-order valence-corrected chi connectivity index (χ2v) is 8.45. The third-order valence-corrected chi connectivity index (χ3v) is 6.11. The summed E-state index contributed by atoms with van der Waals surface area (Å²) in [6.07, 6.45) is 4.65. The van der Waals surface area contributed by atoms with Crippen LogP contribution in [-0.2, 0) is 21.4 Å². The van der Waals surface area contributed by atoms with E-state index in [1.54, 1.807) is 48.8 Å². The zero-order chi connectivity index (χ0) is 22.1. The number of ether oxygens (including phenoxy) is 1. The minimum atomic E-state index is -3.94. The van der Waals surface area contributed by atoms with Crippen LogP contribution in [0.25, 0.3) is 0 Å². The molecular weight excluding hydrogens is 416 g/mol. The van der Waals surface area contributed by atoms with Gasteiger partial charge in [-0.05, 0) is 35.9 Å². The van der Waals surface area contributed by atoms with Crippen molar-refractivity contribution in [3.8, 4) is 5.75 Å². The Morgan fingerprint density at radius 2 is 1.84 bits per heavy atom. The number of methoxy groups -OCH3 is 1. The second kappa shape index (κ2) is 10.5. The zero-order valence-corrected chi connectivity index (χ0v) is 17.7. The van der Waals surface area contributed by atoms with Gasteiger partial charge in [-0.15, -0.1) is 0 Å². The molecule has 0 unspecified atom stereocenters. The van der Waals surface area contributed by atoms with Gasteiger partial charge in [0.1, 0.15) is 5.75 Å². The predicted octanol–water partition coefficient (Wildman–Crippen LogP) is 2.43. The lowest BCUT2D eigenvalue weighted by molar-refractivity contribution is -0.121. The van der Waals surface area contributed by atoms with E-state index in [1.807, 2.05) is 18.2 Å². The standard InChI is InChI=1S/C22H22N4O4S/c1-30-20-9-11-21(12-10-20)31(28,29)26(16-18-6-3-2-4-7-18)17-22(27)25-24-15-19-8-5-13-23-14-19/h2-15H,16-17H2,1H3,(H,25,27)/b24-15-. The molecule has 31 heavy (non-hydrogen) atoms. The summed E-state index contributed by atoms with van der Waals surface area (Å²) in [5, 5.41) is 3.88. The molecule has 1 N–H and O–H groups in total. The molecular formula is C22H22N4O4S. The van der Waals surface area contributed by atoms with Gasteiger partial charge in [-0.3, -0.25) is 9.78 Å². The average Bonchev–Trinajstić information content (AvgIpc) is 2.80. The molecule has 0 fully saturated rings. The van der Waals surface area contributed by atoms with Gasteiger partial charge >= 0.3 is 0 Å². The van der Waals surface area contributed by atoms with Crippen LogP contribution in [0, 0.1) is 0 Å². The van der Waals surface area contributed by atoms with E-state index in [0.717, 1.165) is 9.87 Å². The van der Waals surface area contributed by atoms with E-state index >= 15 is 0 Å². The van der Waals surface area contributed by atoms with Gasteiger partial charge in [0.05, 0.1) is 24.8 Å². The summed E-state index contributed by atoms with van der Waals surface area (Å²) in [7, 11) is -2.44. The van der Waals surface area contributed by atoms with Crippen LogP contribution in [0.4, 0.5) is 0 Å². The Morgan fingerprint density at radius 3 is 2.48 bits per heavy atom. The Balaban J connectivity index is 1.78. The van der Waals surface area contributed by atoms with E-state index in [0.29, 0.717) is 11.3 Å². The van der Waals surface area contributed by atoms with Gasteiger partial charge in [-0.2, -0.15) is 9.41 Å². The highest BCUT2D eigenvalue weighted by Crippen LogP contribution is 2.21. The molecule has 2 aromatic carbocycles. The zero-order valence-electron chi connectivity index (χ0n) is 16.9. The van der Waals surface area contributed by atoms with Crippen LogP contribution in [0.2, 0.25) is 0 Å². The monoisotopic (exact) mass is 438 g/mol. The molecule has 8 nitrogen and oxygen atoms in total. The highest BCUT2D eigenvalue weighted by Gasteiger charge is 2.27. The van der Waals surface area contributed by atoms with Crippen molar-refractivity contribution in [3.63, 3.8) is 0 Å². The molecule has 3 rings (SSSR count). The molecule has 0 aliphatic rings. The molecule has 3 aromatic rings.